The standard InChI is InChI=1S/C16H21ClN6S2/c1-4-23(5-2)16(24)25-9-13-20-14(18)22-15(21-13)19-12-8-6-7-11(17)10(12)3/h6-8H,4-5,9H2,1-3H3,(H3,18,19,20,21,22). The largest absolute Gasteiger partial charge is 0.368 e. The predicted octanol–water partition coefficient (Wildman–Crippen LogP) is 4.02. The van der Waals surface area contributed by atoms with E-state index in [1.54, 1.807) is 0 Å². The number of thiocarbonyl (C=S) groups is 1. The number of thioether (sulfide) groups is 1. The Kier molecular flexibility index (Phi) is 7.22. The van der Waals surface area contributed by atoms with Crippen LogP contribution in [0.25, 0.3) is 0 Å². The molecule has 0 atom stereocenters. The van der Waals surface area contributed by atoms with Gasteiger partial charge >= 0.3 is 0 Å². The number of halogens is 1. The van der Waals surface area contributed by atoms with E-state index in [1.165, 1.54) is 11.8 Å². The number of aromatic nitrogens is 3. The van der Waals surface area contributed by atoms with Crippen LogP contribution in [-0.4, -0.2) is 37.3 Å². The van der Waals surface area contributed by atoms with Gasteiger partial charge in [-0.05, 0) is 38.5 Å². The topological polar surface area (TPSA) is 80.0 Å². The zero-order chi connectivity index (χ0) is 18.4. The lowest BCUT2D eigenvalue weighted by atomic mass is 10.2. The molecule has 1 heterocycles. The SMILES string of the molecule is CCN(CC)C(=S)SCc1nc(N)nc(Nc2cccc(Cl)c2C)n1. The molecule has 0 bridgehead atoms. The molecule has 25 heavy (non-hydrogen) atoms. The molecule has 0 saturated heterocycles. The van der Waals surface area contributed by atoms with Gasteiger partial charge in [-0.15, -0.1) is 0 Å². The van der Waals surface area contributed by atoms with E-state index >= 15 is 0 Å². The van der Waals surface area contributed by atoms with Gasteiger partial charge in [-0.25, -0.2) is 0 Å². The molecule has 0 aliphatic carbocycles. The second-order valence-electron chi connectivity index (χ2n) is 5.20. The number of nitrogens with zero attached hydrogens (tertiary/aromatic N) is 4. The molecule has 2 aromatic rings. The van der Waals surface area contributed by atoms with Crippen molar-refractivity contribution < 1.29 is 0 Å². The quantitative estimate of drug-likeness (QED) is 0.708. The molecular weight excluding hydrogens is 376 g/mol. The molecule has 0 fully saturated rings. The molecule has 0 amide bonds. The average molecular weight is 397 g/mol. The Labute approximate surface area is 162 Å². The third-order valence-corrected chi connectivity index (χ3v) is 5.49. The summed E-state index contributed by atoms with van der Waals surface area (Å²) >= 11 is 13.1. The summed E-state index contributed by atoms with van der Waals surface area (Å²) in [6, 6.07) is 5.60. The fraction of sp³-hybridized carbons (Fsp3) is 0.375. The Morgan fingerprint density at radius 2 is 2.00 bits per heavy atom. The average Bonchev–Trinajstić information content (AvgIpc) is 2.58. The van der Waals surface area contributed by atoms with Gasteiger partial charge in [0.1, 0.15) is 10.1 Å². The van der Waals surface area contributed by atoms with Crippen molar-refractivity contribution in [2.75, 3.05) is 24.1 Å². The van der Waals surface area contributed by atoms with Gasteiger partial charge < -0.3 is 16.0 Å². The molecule has 0 saturated carbocycles. The van der Waals surface area contributed by atoms with Crippen molar-refractivity contribution in [2.45, 2.75) is 26.5 Å². The van der Waals surface area contributed by atoms with E-state index in [0.29, 0.717) is 22.5 Å². The zero-order valence-electron chi connectivity index (χ0n) is 14.4. The van der Waals surface area contributed by atoms with Gasteiger partial charge in [-0.1, -0.05) is 41.6 Å². The highest BCUT2D eigenvalue weighted by molar-refractivity contribution is 8.22. The van der Waals surface area contributed by atoms with Gasteiger partial charge in [-0.3, -0.25) is 0 Å². The van der Waals surface area contributed by atoms with Crippen molar-refractivity contribution in [1.29, 1.82) is 0 Å². The Bertz CT molecular complexity index is 751. The van der Waals surface area contributed by atoms with Crippen LogP contribution in [0.4, 0.5) is 17.6 Å². The van der Waals surface area contributed by atoms with Crippen molar-refractivity contribution in [3.63, 3.8) is 0 Å². The fourth-order valence-electron chi connectivity index (χ4n) is 2.12. The molecule has 134 valence electrons. The first-order chi connectivity index (χ1) is 11.9. The summed E-state index contributed by atoms with van der Waals surface area (Å²) in [4.78, 5) is 14.9. The third kappa shape index (κ3) is 5.42. The van der Waals surface area contributed by atoms with E-state index in [2.05, 4.69) is 39.0 Å². The van der Waals surface area contributed by atoms with Crippen LogP contribution in [0.2, 0.25) is 5.02 Å². The maximum Gasteiger partial charge on any atom is 0.232 e. The number of nitrogen functional groups attached to an aromatic ring is 1. The molecule has 2 rings (SSSR count). The third-order valence-electron chi connectivity index (χ3n) is 3.56. The van der Waals surface area contributed by atoms with Crippen molar-refractivity contribution in [2.24, 2.45) is 0 Å². The summed E-state index contributed by atoms with van der Waals surface area (Å²) in [5.41, 5.74) is 7.57. The lowest BCUT2D eigenvalue weighted by Gasteiger charge is -2.20. The Balaban J connectivity index is 2.12. The number of hydrogen-bond donors (Lipinski definition) is 2. The van der Waals surface area contributed by atoms with Gasteiger partial charge in [-0.2, -0.15) is 15.0 Å². The van der Waals surface area contributed by atoms with E-state index in [1.807, 2.05) is 25.1 Å². The summed E-state index contributed by atoms with van der Waals surface area (Å²) in [5.74, 6) is 1.67. The van der Waals surface area contributed by atoms with Crippen LogP contribution in [0, 0.1) is 6.92 Å². The number of rotatable bonds is 6. The first-order valence-electron chi connectivity index (χ1n) is 7.88. The molecule has 6 nitrogen and oxygen atoms in total. The molecule has 1 aromatic heterocycles. The van der Waals surface area contributed by atoms with Crippen LogP contribution in [0.3, 0.4) is 0 Å². The number of benzene rings is 1. The molecule has 0 radical (unpaired) electrons. The minimum atomic E-state index is 0.168. The van der Waals surface area contributed by atoms with Crippen LogP contribution in [0.1, 0.15) is 25.2 Å². The van der Waals surface area contributed by atoms with Crippen molar-refractivity contribution in [1.82, 2.24) is 19.9 Å². The van der Waals surface area contributed by atoms with Crippen molar-refractivity contribution in [3.8, 4) is 0 Å². The van der Waals surface area contributed by atoms with E-state index in [0.717, 1.165) is 28.7 Å². The molecule has 0 spiro atoms. The van der Waals surface area contributed by atoms with E-state index < -0.39 is 0 Å². The highest BCUT2D eigenvalue weighted by Gasteiger charge is 2.11. The summed E-state index contributed by atoms with van der Waals surface area (Å²) in [6.45, 7) is 7.83. The summed E-state index contributed by atoms with van der Waals surface area (Å²) < 4.78 is 0.823. The number of hydrogen-bond acceptors (Lipinski definition) is 7. The van der Waals surface area contributed by atoms with Gasteiger partial charge in [0.15, 0.2) is 0 Å². The Morgan fingerprint density at radius 3 is 2.68 bits per heavy atom. The number of anilines is 3. The van der Waals surface area contributed by atoms with Crippen LogP contribution in [-0.2, 0) is 5.75 Å². The normalized spacial score (nSPS) is 10.6. The Morgan fingerprint density at radius 1 is 1.28 bits per heavy atom. The first kappa shape index (κ1) is 19.7. The highest BCUT2D eigenvalue weighted by Crippen LogP contribution is 2.25. The van der Waals surface area contributed by atoms with Gasteiger partial charge in [0.25, 0.3) is 0 Å². The minimum absolute atomic E-state index is 0.168. The molecule has 9 heteroatoms. The van der Waals surface area contributed by atoms with Gasteiger partial charge in [0.2, 0.25) is 11.9 Å². The number of nitrogens with two attached hydrogens (primary N) is 1. The summed E-state index contributed by atoms with van der Waals surface area (Å²) in [5, 5.41) is 3.82. The minimum Gasteiger partial charge on any atom is -0.368 e. The van der Waals surface area contributed by atoms with Gasteiger partial charge in [0, 0.05) is 23.8 Å². The number of nitrogens with one attached hydrogen (secondary N) is 1. The monoisotopic (exact) mass is 396 g/mol. The van der Waals surface area contributed by atoms with E-state index in [-0.39, 0.29) is 5.95 Å². The lowest BCUT2D eigenvalue weighted by molar-refractivity contribution is 0.482. The highest BCUT2D eigenvalue weighted by atomic mass is 35.5. The van der Waals surface area contributed by atoms with Crippen LogP contribution < -0.4 is 11.1 Å². The smallest absolute Gasteiger partial charge is 0.232 e. The maximum atomic E-state index is 6.14. The van der Waals surface area contributed by atoms with Crippen LogP contribution in [0.15, 0.2) is 18.2 Å². The van der Waals surface area contributed by atoms with Crippen molar-refractivity contribution >= 4 is 57.5 Å². The predicted molar refractivity (Wildman–Crippen MR) is 111 cm³/mol. The fourth-order valence-corrected chi connectivity index (χ4v) is 3.55. The Hall–Kier alpha value is -1.64. The van der Waals surface area contributed by atoms with E-state index in [4.69, 9.17) is 29.6 Å². The molecule has 0 aliphatic heterocycles. The van der Waals surface area contributed by atoms with Crippen LogP contribution in [0.5, 0.6) is 0 Å². The molecule has 1 aromatic carbocycles. The molecule has 0 aliphatic rings. The zero-order valence-corrected chi connectivity index (χ0v) is 16.8. The maximum absolute atomic E-state index is 6.14. The molecular formula is C16H21ClN6S2. The van der Waals surface area contributed by atoms with Crippen molar-refractivity contribution in [3.05, 3.63) is 34.6 Å². The lowest BCUT2D eigenvalue weighted by Crippen LogP contribution is -2.26. The summed E-state index contributed by atoms with van der Waals surface area (Å²) in [6.07, 6.45) is 0. The molecule has 0 unspecified atom stereocenters. The second-order valence-corrected chi connectivity index (χ2v) is 7.21. The van der Waals surface area contributed by atoms with Crippen LogP contribution >= 0.6 is 35.6 Å². The van der Waals surface area contributed by atoms with Gasteiger partial charge in [0.05, 0.1) is 5.75 Å². The molecule has 3 N–H and O–H groups in total. The second kappa shape index (κ2) is 9.17. The van der Waals surface area contributed by atoms with E-state index in [9.17, 15) is 0 Å². The first-order valence-corrected chi connectivity index (χ1v) is 9.66. The summed E-state index contributed by atoms with van der Waals surface area (Å²) in [7, 11) is 0.